The highest BCUT2D eigenvalue weighted by Crippen LogP contribution is 2.24. The van der Waals surface area contributed by atoms with E-state index in [1.165, 1.54) is 6.92 Å². The van der Waals surface area contributed by atoms with Gasteiger partial charge in [-0.2, -0.15) is 0 Å². The van der Waals surface area contributed by atoms with Crippen LogP contribution in [0.4, 0.5) is 10.5 Å². The van der Waals surface area contributed by atoms with Crippen LogP contribution < -0.4 is 20.3 Å². The van der Waals surface area contributed by atoms with Gasteiger partial charge in [-0.15, -0.1) is 0 Å². The summed E-state index contributed by atoms with van der Waals surface area (Å²) >= 11 is 0. The first-order chi connectivity index (χ1) is 14.9. The lowest BCUT2D eigenvalue weighted by molar-refractivity contribution is -0.156. The second-order valence-electron chi connectivity index (χ2n) is 7.86. The molecular formula is C22H29N3O6. The molecule has 0 aromatic heterocycles. The number of carbonyl (C=O) groups excluding carboxylic acids is 4. The third kappa shape index (κ3) is 6.70. The van der Waals surface area contributed by atoms with E-state index in [0.717, 1.165) is 44.2 Å². The molecule has 1 heterocycles. The van der Waals surface area contributed by atoms with Gasteiger partial charge in [0, 0.05) is 24.7 Å². The molecule has 0 spiro atoms. The number of rotatable bonds is 7. The summed E-state index contributed by atoms with van der Waals surface area (Å²) in [6.45, 7) is 1.71. The Kier molecular flexibility index (Phi) is 7.86. The second-order valence-corrected chi connectivity index (χ2v) is 7.86. The molecule has 2 fully saturated rings. The molecule has 4 amide bonds. The van der Waals surface area contributed by atoms with Crippen molar-refractivity contribution >= 4 is 29.5 Å². The molecule has 31 heavy (non-hydrogen) atoms. The number of hydrogen-bond donors (Lipinski definition) is 2. The van der Waals surface area contributed by atoms with E-state index < -0.39 is 24.0 Å². The number of nitrogens with zero attached hydrogens (tertiary/aromatic N) is 1. The van der Waals surface area contributed by atoms with Crippen LogP contribution in [0.15, 0.2) is 24.3 Å². The minimum Gasteiger partial charge on any atom is -0.482 e. The van der Waals surface area contributed by atoms with Gasteiger partial charge in [0.25, 0.3) is 5.91 Å². The van der Waals surface area contributed by atoms with E-state index in [9.17, 15) is 19.2 Å². The highest BCUT2D eigenvalue weighted by atomic mass is 16.6. The number of hydrogen-bond acceptors (Lipinski definition) is 6. The largest absolute Gasteiger partial charge is 0.482 e. The number of carbonyl (C=O) groups is 4. The summed E-state index contributed by atoms with van der Waals surface area (Å²) in [5, 5.41) is 4.97. The van der Waals surface area contributed by atoms with Gasteiger partial charge in [0.2, 0.25) is 5.91 Å². The van der Waals surface area contributed by atoms with E-state index in [1.807, 2.05) is 0 Å². The summed E-state index contributed by atoms with van der Waals surface area (Å²) in [4.78, 5) is 49.5. The standard InChI is InChI=1S/C22H29N3O6/c1-15(21(28)24-22(29)23-16-6-3-2-4-7-16)31-20(27)14-30-18-11-9-17(10-12-18)25-13-5-8-19(25)26/h9-12,15-16H,2-8,13-14H2,1H3,(H2,23,24,28,29). The van der Waals surface area contributed by atoms with Crippen LogP contribution in [-0.2, 0) is 19.1 Å². The Balaban J connectivity index is 1.37. The van der Waals surface area contributed by atoms with Crippen molar-refractivity contribution in [1.29, 1.82) is 0 Å². The van der Waals surface area contributed by atoms with Crippen LogP contribution in [0.1, 0.15) is 51.9 Å². The van der Waals surface area contributed by atoms with Crippen molar-refractivity contribution in [3.05, 3.63) is 24.3 Å². The molecule has 0 radical (unpaired) electrons. The van der Waals surface area contributed by atoms with Crippen molar-refractivity contribution in [2.75, 3.05) is 18.1 Å². The maximum atomic E-state index is 12.1. The molecule has 1 aromatic carbocycles. The van der Waals surface area contributed by atoms with Crippen LogP contribution >= 0.6 is 0 Å². The fourth-order valence-corrected chi connectivity index (χ4v) is 3.75. The minimum atomic E-state index is -1.13. The van der Waals surface area contributed by atoms with E-state index in [1.54, 1.807) is 29.2 Å². The number of urea groups is 1. The smallest absolute Gasteiger partial charge is 0.344 e. The average molecular weight is 431 g/mol. The van der Waals surface area contributed by atoms with Crippen LogP contribution in [0.25, 0.3) is 0 Å². The molecule has 1 unspecified atom stereocenters. The number of nitrogens with one attached hydrogen (secondary N) is 2. The Labute approximate surface area is 181 Å². The first-order valence-corrected chi connectivity index (χ1v) is 10.8. The van der Waals surface area contributed by atoms with Gasteiger partial charge in [-0.3, -0.25) is 14.9 Å². The minimum absolute atomic E-state index is 0.0720. The average Bonchev–Trinajstić information content (AvgIpc) is 3.19. The monoisotopic (exact) mass is 431 g/mol. The van der Waals surface area contributed by atoms with E-state index in [4.69, 9.17) is 9.47 Å². The van der Waals surface area contributed by atoms with Crippen molar-refractivity contribution in [2.45, 2.75) is 64.0 Å². The molecular weight excluding hydrogens is 402 g/mol. The molecule has 9 nitrogen and oxygen atoms in total. The predicted octanol–water partition coefficient (Wildman–Crippen LogP) is 2.28. The SMILES string of the molecule is CC(OC(=O)COc1ccc(N2CCCC2=O)cc1)C(=O)NC(=O)NC1CCCCC1. The molecule has 1 aliphatic carbocycles. The van der Waals surface area contributed by atoms with Crippen LogP contribution in [0.5, 0.6) is 5.75 Å². The number of ether oxygens (including phenoxy) is 2. The molecule has 1 saturated heterocycles. The fraction of sp³-hybridized carbons (Fsp3) is 0.545. The highest BCUT2D eigenvalue weighted by molar-refractivity contribution is 5.97. The van der Waals surface area contributed by atoms with Crippen LogP contribution in [0.3, 0.4) is 0 Å². The Hall–Kier alpha value is -3.10. The molecule has 0 bridgehead atoms. The molecule has 168 valence electrons. The third-order valence-corrected chi connectivity index (χ3v) is 5.43. The quantitative estimate of drug-likeness (QED) is 0.640. The van der Waals surface area contributed by atoms with E-state index >= 15 is 0 Å². The van der Waals surface area contributed by atoms with Crippen LogP contribution in [0.2, 0.25) is 0 Å². The Morgan fingerprint density at radius 2 is 1.81 bits per heavy atom. The maximum Gasteiger partial charge on any atom is 0.344 e. The number of esters is 1. The summed E-state index contributed by atoms with van der Waals surface area (Å²) in [5.41, 5.74) is 0.786. The van der Waals surface area contributed by atoms with Gasteiger partial charge >= 0.3 is 12.0 Å². The van der Waals surface area contributed by atoms with Crippen molar-refractivity contribution in [1.82, 2.24) is 10.6 Å². The molecule has 1 atom stereocenters. The topological polar surface area (TPSA) is 114 Å². The van der Waals surface area contributed by atoms with E-state index in [0.29, 0.717) is 18.7 Å². The summed E-state index contributed by atoms with van der Waals surface area (Å²) in [6, 6.07) is 6.34. The third-order valence-electron chi connectivity index (χ3n) is 5.43. The lowest BCUT2D eigenvalue weighted by atomic mass is 9.96. The first kappa shape index (κ1) is 22.6. The molecule has 1 aliphatic heterocycles. The van der Waals surface area contributed by atoms with Gasteiger partial charge < -0.3 is 19.7 Å². The fourth-order valence-electron chi connectivity index (χ4n) is 3.75. The number of imide groups is 1. The molecule has 3 rings (SSSR count). The van der Waals surface area contributed by atoms with Crippen molar-refractivity contribution in [3.63, 3.8) is 0 Å². The zero-order valence-corrected chi connectivity index (χ0v) is 17.7. The zero-order chi connectivity index (χ0) is 22.2. The number of benzene rings is 1. The Morgan fingerprint density at radius 3 is 2.45 bits per heavy atom. The molecule has 9 heteroatoms. The van der Waals surface area contributed by atoms with E-state index in [-0.39, 0.29) is 18.6 Å². The lowest BCUT2D eigenvalue weighted by Gasteiger charge is -2.23. The Bertz CT molecular complexity index is 804. The molecule has 2 N–H and O–H groups in total. The molecule has 1 aromatic rings. The summed E-state index contributed by atoms with van der Waals surface area (Å²) in [5.74, 6) is -0.885. The predicted molar refractivity (Wildman–Crippen MR) is 113 cm³/mol. The van der Waals surface area contributed by atoms with Crippen molar-refractivity contribution < 1.29 is 28.7 Å². The van der Waals surface area contributed by atoms with Gasteiger partial charge in [-0.05, 0) is 50.5 Å². The number of amides is 4. The summed E-state index contributed by atoms with van der Waals surface area (Å²) in [7, 11) is 0. The second kappa shape index (κ2) is 10.8. The maximum absolute atomic E-state index is 12.1. The summed E-state index contributed by atoms with van der Waals surface area (Å²) < 4.78 is 10.4. The normalized spacial score (nSPS) is 17.7. The van der Waals surface area contributed by atoms with Gasteiger partial charge in [-0.1, -0.05) is 19.3 Å². The zero-order valence-electron chi connectivity index (χ0n) is 17.7. The molecule has 2 aliphatic rings. The summed E-state index contributed by atoms with van der Waals surface area (Å²) in [6.07, 6.45) is 5.36. The number of anilines is 1. The Morgan fingerprint density at radius 1 is 1.10 bits per heavy atom. The van der Waals surface area contributed by atoms with Gasteiger partial charge in [-0.25, -0.2) is 9.59 Å². The van der Waals surface area contributed by atoms with Crippen molar-refractivity contribution in [3.8, 4) is 5.75 Å². The van der Waals surface area contributed by atoms with Gasteiger partial charge in [0.15, 0.2) is 12.7 Å². The highest BCUT2D eigenvalue weighted by Gasteiger charge is 2.23. The van der Waals surface area contributed by atoms with Crippen LogP contribution in [0, 0.1) is 0 Å². The molecule has 1 saturated carbocycles. The van der Waals surface area contributed by atoms with E-state index in [2.05, 4.69) is 10.6 Å². The van der Waals surface area contributed by atoms with Gasteiger partial charge in [0.1, 0.15) is 5.75 Å². The van der Waals surface area contributed by atoms with Crippen molar-refractivity contribution in [2.24, 2.45) is 0 Å². The lowest BCUT2D eigenvalue weighted by Crippen LogP contribution is -2.48. The van der Waals surface area contributed by atoms with Gasteiger partial charge in [0.05, 0.1) is 0 Å². The van der Waals surface area contributed by atoms with Crippen LogP contribution in [-0.4, -0.2) is 49.1 Å². The first-order valence-electron chi connectivity index (χ1n) is 10.8.